The number of hydrogen-bond donors (Lipinski definition) is 1. The number of benzene rings is 1. The summed E-state index contributed by atoms with van der Waals surface area (Å²) in [5.41, 5.74) is 2.18. The van der Waals surface area contributed by atoms with Crippen molar-refractivity contribution in [1.29, 1.82) is 0 Å². The Labute approximate surface area is 125 Å². The first-order valence-corrected chi connectivity index (χ1v) is 7.09. The monoisotopic (exact) mass is 284 g/mol. The highest BCUT2D eigenvalue weighted by molar-refractivity contribution is 6.03. The van der Waals surface area contributed by atoms with Crippen LogP contribution < -0.4 is 10.2 Å². The number of nitrogens with zero attached hydrogens (tertiary/aromatic N) is 3. The second kappa shape index (κ2) is 6.83. The lowest BCUT2D eigenvalue weighted by Crippen LogP contribution is -2.24. The van der Waals surface area contributed by atoms with E-state index in [0.717, 1.165) is 30.2 Å². The van der Waals surface area contributed by atoms with Gasteiger partial charge in [0, 0.05) is 24.8 Å². The fraction of sp³-hybridized carbons (Fsp3) is 0.312. The number of aryl methyl sites for hydroxylation is 1. The largest absolute Gasteiger partial charge is 0.357 e. The molecule has 0 spiro atoms. The van der Waals surface area contributed by atoms with E-state index >= 15 is 0 Å². The van der Waals surface area contributed by atoms with Crippen LogP contribution in [-0.4, -0.2) is 29.0 Å². The summed E-state index contributed by atoms with van der Waals surface area (Å²) in [4.78, 5) is 22.7. The molecule has 1 N–H and O–H groups in total. The third-order valence-corrected chi connectivity index (χ3v) is 3.37. The van der Waals surface area contributed by atoms with E-state index in [1.807, 2.05) is 31.2 Å². The average molecular weight is 284 g/mol. The Bertz CT molecular complexity index is 623. The molecular weight excluding hydrogens is 264 g/mol. The molecule has 1 heterocycles. The van der Waals surface area contributed by atoms with Gasteiger partial charge in [0.2, 0.25) is 0 Å². The zero-order valence-electron chi connectivity index (χ0n) is 12.6. The fourth-order valence-corrected chi connectivity index (χ4v) is 2.09. The normalized spacial score (nSPS) is 10.2. The van der Waals surface area contributed by atoms with Crippen molar-refractivity contribution in [2.75, 3.05) is 23.3 Å². The van der Waals surface area contributed by atoms with Gasteiger partial charge < -0.3 is 10.2 Å². The van der Waals surface area contributed by atoms with Gasteiger partial charge in [-0.25, -0.2) is 9.97 Å². The van der Waals surface area contributed by atoms with Crippen LogP contribution in [-0.2, 0) is 0 Å². The maximum atomic E-state index is 12.3. The second-order valence-corrected chi connectivity index (χ2v) is 4.70. The van der Waals surface area contributed by atoms with Crippen LogP contribution in [0, 0.1) is 6.92 Å². The van der Waals surface area contributed by atoms with Gasteiger partial charge in [0.05, 0.1) is 0 Å². The molecular formula is C16H20N4O. The third-order valence-electron chi connectivity index (χ3n) is 3.37. The quantitative estimate of drug-likeness (QED) is 0.917. The summed E-state index contributed by atoms with van der Waals surface area (Å²) < 4.78 is 0. The maximum Gasteiger partial charge on any atom is 0.274 e. The van der Waals surface area contributed by atoms with Crippen LogP contribution in [0.25, 0.3) is 0 Å². The van der Waals surface area contributed by atoms with Crippen LogP contribution >= 0.6 is 0 Å². The van der Waals surface area contributed by atoms with Gasteiger partial charge in [0.1, 0.15) is 17.8 Å². The van der Waals surface area contributed by atoms with E-state index in [9.17, 15) is 4.79 Å². The van der Waals surface area contributed by atoms with Gasteiger partial charge in [-0.15, -0.1) is 0 Å². The maximum absolute atomic E-state index is 12.3. The van der Waals surface area contributed by atoms with Crippen molar-refractivity contribution in [3.05, 3.63) is 47.9 Å². The zero-order chi connectivity index (χ0) is 15.2. The van der Waals surface area contributed by atoms with Gasteiger partial charge >= 0.3 is 0 Å². The Kier molecular flexibility index (Phi) is 4.87. The first kappa shape index (κ1) is 15.0. The number of rotatable bonds is 5. The molecule has 2 aromatic rings. The summed E-state index contributed by atoms with van der Waals surface area (Å²) in [5, 5.41) is 2.88. The highest BCUT2D eigenvalue weighted by Gasteiger charge is 2.12. The molecule has 21 heavy (non-hydrogen) atoms. The van der Waals surface area contributed by atoms with E-state index in [1.165, 1.54) is 6.33 Å². The zero-order valence-corrected chi connectivity index (χ0v) is 12.6. The number of hydrogen-bond acceptors (Lipinski definition) is 4. The summed E-state index contributed by atoms with van der Waals surface area (Å²) in [7, 11) is 0. The van der Waals surface area contributed by atoms with Gasteiger partial charge in [-0.05, 0) is 32.4 Å². The molecule has 0 atom stereocenters. The molecule has 5 heteroatoms. The topological polar surface area (TPSA) is 58.1 Å². The van der Waals surface area contributed by atoms with E-state index in [1.54, 1.807) is 6.07 Å². The van der Waals surface area contributed by atoms with Gasteiger partial charge in [0.25, 0.3) is 5.91 Å². The minimum Gasteiger partial charge on any atom is -0.357 e. The molecule has 0 fully saturated rings. The summed E-state index contributed by atoms with van der Waals surface area (Å²) in [6, 6.07) is 9.38. The van der Waals surface area contributed by atoms with E-state index in [2.05, 4.69) is 34.0 Å². The lowest BCUT2D eigenvalue weighted by molar-refractivity contribution is 0.102. The highest BCUT2D eigenvalue weighted by atomic mass is 16.1. The fourth-order valence-electron chi connectivity index (χ4n) is 2.09. The lowest BCUT2D eigenvalue weighted by Gasteiger charge is -2.19. The van der Waals surface area contributed by atoms with Crippen molar-refractivity contribution in [2.45, 2.75) is 20.8 Å². The summed E-state index contributed by atoms with van der Waals surface area (Å²) >= 11 is 0. The Morgan fingerprint density at radius 2 is 1.90 bits per heavy atom. The van der Waals surface area contributed by atoms with E-state index in [4.69, 9.17) is 0 Å². The Hall–Kier alpha value is -2.43. The van der Waals surface area contributed by atoms with E-state index in [0.29, 0.717) is 5.69 Å². The minimum absolute atomic E-state index is 0.222. The van der Waals surface area contributed by atoms with Crippen LogP contribution in [0.2, 0.25) is 0 Å². The molecule has 0 aliphatic rings. The highest BCUT2D eigenvalue weighted by Crippen LogP contribution is 2.15. The Balaban J connectivity index is 2.20. The van der Waals surface area contributed by atoms with Gasteiger partial charge in [-0.3, -0.25) is 4.79 Å². The molecule has 0 bridgehead atoms. The molecule has 0 radical (unpaired) electrons. The van der Waals surface area contributed by atoms with Crippen molar-refractivity contribution in [2.24, 2.45) is 0 Å². The number of carbonyl (C=O) groups is 1. The van der Waals surface area contributed by atoms with Crippen LogP contribution in [0.3, 0.4) is 0 Å². The Morgan fingerprint density at radius 3 is 2.57 bits per heavy atom. The van der Waals surface area contributed by atoms with Crippen molar-refractivity contribution in [3.63, 3.8) is 0 Å². The summed E-state index contributed by atoms with van der Waals surface area (Å²) in [6.45, 7) is 7.74. The molecule has 0 saturated heterocycles. The van der Waals surface area contributed by atoms with Gasteiger partial charge in [-0.1, -0.05) is 18.2 Å². The van der Waals surface area contributed by atoms with Crippen LogP contribution in [0.4, 0.5) is 11.5 Å². The molecule has 2 rings (SSSR count). The Morgan fingerprint density at radius 1 is 1.19 bits per heavy atom. The SMILES string of the molecule is CCN(CC)c1cc(C(=O)Nc2ccccc2C)ncn1. The van der Waals surface area contributed by atoms with Crippen molar-refractivity contribution in [3.8, 4) is 0 Å². The lowest BCUT2D eigenvalue weighted by atomic mass is 10.2. The predicted octanol–water partition coefficient (Wildman–Crippen LogP) is 2.88. The number of carbonyl (C=O) groups excluding carboxylic acids is 1. The number of anilines is 2. The molecule has 0 aliphatic heterocycles. The first-order valence-electron chi connectivity index (χ1n) is 7.09. The summed E-state index contributed by atoms with van der Waals surface area (Å²) in [6.07, 6.45) is 1.43. The number of amides is 1. The molecule has 5 nitrogen and oxygen atoms in total. The molecule has 1 aromatic heterocycles. The standard InChI is InChI=1S/C16H20N4O/c1-4-20(5-2)15-10-14(17-11-18-15)16(21)19-13-9-7-6-8-12(13)3/h6-11H,4-5H2,1-3H3,(H,19,21). The smallest absolute Gasteiger partial charge is 0.274 e. The van der Waals surface area contributed by atoms with E-state index in [-0.39, 0.29) is 5.91 Å². The van der Waals surface area contributed by atoms with Crippen molar-refractivity contribution in [1.82, 2.24) is 9.97 Å². The van der Waals surface area contributed by atoms with Crippen LogP contribution in [0.1, 0.15) is 29.9 Å². The molecule has 1 amide bonds. The number of para-hydroxylation sites is 1. The number of nitrogens with one attached hydrogen (secondary N) is 1. The second-order valence-electron chi connectivity index (χ2n) is 4.70. The molecule has 0 saturated carbocycles. The van der Waals surface area contributed by atoms with Crippen molar-refractivity contribution < 1.29 is 4.79 Å². The van der Waals surface area contributed by atoms with Crippen LogP contribution in [0.15, 0.2) is 36.7 Å². The van der Waals surface area contributed by atoms with Crippen LogP contribution in [0.5, 0.6) is 0 Å². The molecule has 110 valence electrons. The molecule has 0 unspecified atom stereocenters. The molecule has 0 aliphatic carbocycles. The van der Waals surface area contributed by atoms with Gasteiger partial charge in [-0.2, -0.15) is 0 Å². The van der Waals surface area contributed by atoms with Gasteiger partial charge in [0.15, 0.2) is 0 Å². The van der Waals surface area contributed by atoms with Crippen molar-refractivity contribution >= 4 is 17.4 Å². The van der Waals surface area contributed by atoms with E-state index < -0.39 is 0 Å². The minimum atomic E-state index is -0.222. The number of aromatic nitrogens is 2. The third kappa shape index (κ3) is 3.56. The first-order chi connectivity index (χ1) is 10.2. The average Bonchev–Trinajstić information content (AvgIpc) is 2.51. The molecule has 1 aromatic carbocycles. The summed E-state index contributed by atoms with van der Waals surface area (Å²) in [5.74, 6) is 0.546. The predicted molar refractivity (Wildman–Crippen MR) is 84.7 cm³/mol.